The van der Waals surface area contributed by atoms with Crippen LogP contribution in [-0.2, 0) is 16.4 Å². The third kappa shape index (κ3) is 4.98. The molecule has 0 saturated carbocycles. The van der Waals surface area contributed by atoms with Crippen molar-refractivity contribution in [2.75, 3.05) is 6.54 Å². The third-order valence-electron chi connectivity index (χ3n) is 2.54. The minimum atomic E-state index is -3.36. The van der Waals surface area contributed by atoms with E-state index in [0.717, 1.165) is 11.1 Å². The molecule has 0 bridgehead atoms. The Bertz CT molecular complexity index is 617. The van der Waals surface area contributed by atoms with Crippen molar-refractivity contribution >= 4 is 27.4 Å². The van der Waals surface area contributed by atoms with Gasteiger partial charge >= 0.3 is 0 Å². The summed E-state index contributed by atoms with van der Waals surface area (Å²) in [5, 5.41) is 5.21. The van der Waals surface area contributed by atoms with Gasteiger partial charge in [0.1, 0.15) is 0 Å². The molecule has 0 fully saturated rings. The van der Waals surface area contributed by atoms with Crippen LogP contribution in [0.25, 0.3) is 6.08 Å². The molecule has 0 saturated heterocycles. The van der Waals surface area contributed by atoms with Crippen LogP contribution in [0.4, 0.5) is 0 Å². The number of hydrogen-bond donors (Lipinski definition) is 1. The van der Waals surface area contributed by atoms with Gasteiger partial charge in [-0.3, -0.25) is 0 Å². The van der Waals surface area contributed by atoms with Crippen LogP contribution in [-0.4, -0.2) is 15.0 Å². The first kappa shape index (κ1) is 14.0. The van der Waals surface area contributed by atoms with Gasteiger partial charge < -0.3 is 0 Å². The van der Waals surface area contributed by atoms with Crippen molar-refractivity contribution < 1.29 is 8.42 Å². The fraction of sp³-hybridized carbons (Fsp3) is 0.143. The van der Waals surface area contributed by atoms with E-state index in [1.807, 2.05) is 47.2 Å². The van der Waals surface area contributed by atoms with E-state index in [-0.39, 0.29) is 0 Å². The first-order valence-corrected chi connectivity index (χ1v) is 8.38. The zero-order valence-electron chi connectivity index (χ0n) is 10.3. The fourth-order valence-corrected chi connectivity index (χ4v) is 3.08. The van der Waals surface area contributed by atoms with E-state index < -0.39 is 10.0 Å². The molecular formula is C14H15NO2S2. The molecule has 0 aliphatic rings. The standard InChI is InChI=1S/C14H15NO2S2/c16-19(17,11-8-13-4-2-1-3-5-13)15-9-6-14-7-10-18-12-14/h1-5,7-8,10-12,15H,6,9H2/b11-8+. The molecule has 5 heteroatoms. The zero-order chi connectivity index (χ0) is 13.6. The van der Waals surface area contributed by atoms with Crippen molar-refractivity contribution in [3.8, 4) is 0 Å². The largest absolute Gasteiger partial charge is 0.233 e. The van der Waals surface area contributed by atoms with Gasteiger partial charge in [0.25, 0.3) is 0 Å². The number of thiophene rings is 1. The first-order valence-electron chi connectivity index (χ1n) is 5.90. The molecule has 0 aliphatic carbocycles. The quantitative estimate of drug-likeness (QED) is 0.890. The number of benzene rings is 1. The smallest absolute Gasteiger partial charge is 0.211 e. The normalized spacial score (nSPS) is 12.0. The molecule has 0 spiro atoms. The number of nitrogens with one attached hydrogen (secondary N) is 1. The van der Waals surface area contributed by atoms with Gasteiger partial charge in [0.2, 0.25) is 10.0 Å². The predicted octanol–water partition coefficient (Wildman–Crippen LogP) is 2.88. The molecule has 3 nitrogen and oxygen atoms in total. The molecule has 0 atom stereocenters. The number of rotatable bonds is 6. The van der Waals surface area contributed by atoms with E-state index >= 15 is 0 Å². The van der Waals surface area contributed by atoms with Crippen LogP contribution in [0.3, 0.4) is 0 Å². The zero-order valence-corrected chi connectivity index (χ0v) is 12.0. The van der Waals surface area contributed by atoms with Crippen LogP contribution < -0.4 is 4.72 Å². The highest BCUT2D eigenvalue weighted by Gasteiger charge is 2.04. The molecule has 1 heterocycles. The van der Waals surface area contributed by atoms with Crippen LogP contribution in [0, 0.1) is 0 Å². The molecule has 0 unspecified atom stereocenters. The molecule has 0 radical (unpaired) electrons. The van der Waals surface area contributed by atoms with Crippen LogP contribution in [0.2, 0.25) is 0 Å². The maximum atomic E-state index is 11.7. The molecule has 1 aromatic carbocycles. The predicted molar refractivity (Wildman–Crippen MR) is 80.4 cm³/mol. The minimum absolute atomic E-state index is 0.415. The van der Waals surface area contributed by atoms with Gasteiger partial charge in [-0.25, -0.2) is 13.1 Å². The molecular weight excluding hydrogens is 278 g/mol. The Morgan fingerprint density at radius 1 is 1.16 bits per heavy atom. The molecule has 1 N–H and O–H groups in total. The van der Waals surface area contributed by atoms with Crippen molar-refractivity contribution in [2.45, 2.75) is 6.42 Å². The lowest BCUT2D eigenvalue weighted by Gasteiger charge is -2.01. The van der Waals surface area contributed by atoms with E-state index in [2.05, 4.69) is 4.72 Å². The second-order valence-corrected chi connectivity index (χ2v) is 6.47. The monoisotopic (exact) mass is 293 g/mol. The lowest BCUT2D eigenvalue weighted by Crippen LogP contribution is -2.23. The average Bonchev–Trinajstić information content (AvgIpc) is 2.91. The van der Waals surface area contributed by atoms with Gasteiger partial charge in [0.15, 0.2) is 0 Å². The summed E-state index contributed by atoms with van der Waals surface area (Å²) in [7, 11) is -3.36. The van der Waals surface area contributed by atoms with Crippen LogP contribution >= 0.6 is 11.3 Å². The Labute approximate surface area is 117 Å². The van der Waals surface area contributed by atoms with E-state index in [0.29, 0.717) is 13.0 Å². The molecule has 2 rings (SSSR count). The van der Waals surface area contributed by atoms with E-state index in [1.165, 1.54) is 5.41 Å². The summed E-state index contributed by atoms with van der Waals surface area (Å²) in [5.74, 6) is 0. The van der Waals surface area contributed by atoms with Crippen LogP contribution in [0.15, 0.2) is 52.6 Å². The summed E-state index contributed by atoms with van der Waals surface area (Å²) in [6, 6.07) is 11.4. The highest BCUT2D eigenvalue weighted by molar-refractivity contribution is 7.92. The molecule has 0 aliphatic heterocycles. The average molecular weight is 293 g/mol. The maximum absolute atomic E-state index is 11.7. The van der Waals surface area contributed by atoms with Gasteiger partial charge in [-0.2, -0.15) is 11.3 Å². The second-order valence-electron chi connectivity index (χ2n) is 4.03. The van der Waals surface area contributed by atoms with Gasteiger partial charge in [-0.15, -0.1) is 0 Å². The summed E-state index contributed by atoms with van der Waals surface area (Å²) < 4.78 is 26.0. The minimum Gasteiger partial charge on any atom is -0.211 e. The molecule has 19 heavy (non-hydrogen) atoms. The fourth-order valence-electron chi connectivity index (χ4n) is 1.55. The van der Waals surface area contributed by atoms with Crippen LogP contribution in [0.1, 0.15) is 11.1 Å². The summed E-state index contributed by atoms with van der Waals surface area (Å²) in [6.45, 7) is 0.415. The van der Waals surface area contributed by atoms with E-state index in [9.17, 15) is 8.42 Å². The van der Waals surface area contributed by atoms with Gasteiger partial charge in [-0.1, -0.05) is 30.3 Å². The summed E-state index contributed by atoms with van der Waals surface area (Å²) >= 11 is 1.61. The van der Waals surface area contributed by atoms with Gasteiger partial charge in [-0.05, 0) is 40.5 Å². The highest BCUT2D eigenvalue weighted by Crippen LogP contribution is 2.06. The van der Waals surface area contributed by atoms with E-state index in [1.54, 1.807) is 17.4 Å². The lowest BCUT2D eigenvalue weighted by atomic mass is 10.2. The molecule has 2 aromatic rings. The SMILES string of the molecule is O=S(=O)(/C=C/c1ccccc1)NCCc1ccsc1. The van der Waals surface area contributed by atoms with Crippen molar-refractivity contribution in [3.63, 3.8) is 0 Å². The van der Waals surface area contributed by atoms with Crippen molar-refractivity contribution in [1.29, 1.82) is 0 Å². The Morgan fingerprint density at radius 2 is 1.95 bits per heavy atom. The van der Waals surface area contributed by atoms with Crippen molar-refractivity contribution in [3.05, 3.63) is 63.7 Å². The number of sulfonamides is 1. The molecule has 1 aromatic heterocycles. The Kier molecular flexibility index (Phi) is 4.90. The highest BCUT2D eigenvalue weighted by atomic mass is 32.2. The lowest BCUT2D eigenvalue weighted by molar-refractivity contribution is 0.591. The Hall–Kier alpha value is -1.43. The van der Waals surface area contributed by atoms with Crippen molar-refractivity contribution in [1.82, 2.24) is 4.72 Å². The second kappa shape index (κ2) is 6.65. The summed E-state index contributed by atoms with van der Waals surface area (Å²) in [5.41, 5.74) is 2.02. The summed E-state index contributed by atoms with van der Waals surface area (Å²) in [6.07, 6.45) is 2.30. The third-order valence-corrected chi connectivity index (χ3v) is 4.37. The first-order chi connectivity index (χ1) is 9.16. The van der Waals surface area contributed by atoms with E-state index in [4.69, 9.17) is 0 Å². The van der Waals surface area contributed by atoms with Gasteiger partial charge in [0, 0.05) is 12.0 Å². The Morgan fingerprint density at radius 3 is 2.63 bits per heavy atom. The Balaban J connectivity index is 1.87. The molecule has 0 amide bonds. The molecule has 100 valence electrons. The summed E-state index contributed by atoms with van der Waals surface area (Å²) in [4.78, 5) is 0. The topological polar surface area (TPSA) is 46.2 Å². The van der Waals surface area contributed by atoms with Gasteiger partial charge in [0.05, 0.1) is 0 Å². The van der Waals surface area contributed by atoms with Crippen molar-refractivity contribution in [2.24, 2.45) is 0 Å². The van der Waals surface area contributed by atoms with Crippen LogP contribution in [0.5, 0.6) is 0 Å². The number of hydrogen-bond acceptors (Lipinski definition) is 3. The maximum Gasteiger partial charge on any atom is 0.233 e.